The molecule has 0 N–H and O–H groups in total. The van der Waals surface area contributed by atoms with Gasteiger partial charge in [0.1, 0.15) is 10.1 Å². The largest absolute Gasteiger partial charge is 0.744 e. The Kier molecular flexibility index (Phi) is 17.5. The van der Waals surface area contributed by atoms with E-state index in [1.165, 1.54) is 109 Å². The van der Waals surface area contributed by atoms with Crippen LogP contribution in [0, 0.1) is 6.92 Å². The molecule has 0 unspecified atom stereocenters. The predicted molar refractivity (Wildman–Crippen MR) is 142 cm³/mol. The summed E-state index contributed by atoms with van der Waals surface area (Å²) in [6.45, 7) is 8.88. The van der Waals surface area contributed by atoms with E-state index in [9.17, 15) is 13.0 Å². The fraction of sp³-hybridized carbons (Fsp3) is 0.714. The Bertz CT molecular complexity index is 736. The van der Waals surface area contributed by atoms with Crippen LogP contribution in [0.3, 0.4) is 0 Å². The highest BCUT2D eigenvalue weighted by Gasteiger charge is 2.06. The molecule has 0 amide bonds. The molecule has 0 saturated carbocycles. The van der Waals surface area contributed by atoms with Crippen molar-refractivity contribution in [1.82, 2.24) is 0 Å². The molecule has 0 radical (unpaired) electrons. The molecular weight excluding hydrogens is 430 g/mol. The van der Waals surface area contributed by atoms with Crippen molar-refractivity contribution in [1.29, 1.82) is 0 Å². The minimum atomic E-state index is -4.38. The molecule has 0 aromatic heterocycles. The lowest BCUT2D eigenvalue weighted by atomic mass is 10.0. The summed E-state index contributed by atoms with van der Waals surface area (Å²) < 4.78 is 33.3. The van der Waals surface area contributed by atoms with Gasteiger partial charge in [0.25, 0.3) is 0 Å². The zero-order chi connectivity index (χ0) is 25.2. The number of unbranched alkanes of at least 4 members (excludes halogenated alkanes) is 13. The van der Waals surface area contributed by atoms with Gasteiger partial charge in [-0.1, -0.05) is 114 Å². The molecule has 0 aliphatic heterocycles. The lowest BCUT2D eigenvalue weighted by Crippen LogP contribution is -2.35. The summed E-state index contributed by atoms with van der Waals surface area (Å²) in [7, 11) is 2.50. The fourth-order valence-electron chi connectivity index (χ4n) is 3.84. The lowest BCUT2D eigenvalue weighted by Gasteiger charge is -2.23. The molecule has 33 heavy (non-hydrogen) atoms. The van der Waals surface area contributed by atoms with Gasteiger partial charge in [0, 0.05) is 0 Å². The molecule has 5 heteroatoms. The second kappa shape index (κ2) is 18.2. The highest BCUT2D eigenvalue weighted by molar-refractivity contribution is 7.85. The normalized spacial score (nSPS) is 11.7. The fourth-order valence-corrected chi connectivity index (χ4v) is 4.50. The molecule has 0 aliphatic rings. The Morgan fingerprint density at radius 2 is 1.24 bits per heavy atom. The average molecular weight is 482 g/mol. The zero-order valence-corrected chi connectivity index (χ0v) is 23.0. The van der Waals surface area contributed by atoms with Crippen LogP contribution in [0.25, 0.3) is 6.08 Å². The van der Waals surface area contributed by atoms with Crippen LogP contribution in [0.5, 0.6) is 0 Å². The van der Waals surface area contributed by atoms with Crippen LogP contribution in [-0.2, 0) is 10.1 Å². The summed E-state index contributed by atoms with van der Waals surface area (Å²) in [5.41, 5.74) is 1.25. The van der Waals surface area contributed by atoms with Crippen LogP contribution >= 0.6 is 0 Å². The molecule has 0 fully saturated rings. The van der Waals surface area contributed by atoms with Gasteiger partial charge >= 0.3 is 0 Å². The first-order chi connectivity index (χ1) is 15.5. The topological polar surface area (TPSA) is 57.2 Å². The highest BCUT2D eigenvalue weighted by Crippen LogP contribution is 2.18. The molecule has 1 aromatic rings. The van der Waals surface area contributed by atoms with E-state index in [1.807, 2.05) is 6.92 Å². The third-order valence-electron chi connectivity index (χ3n) is 5.84. The summed E-state index contributed by atoms with van der Waals surface area (Å²) >= 11 is 0. The second-order valence-electron chi connectivity index (χ2n) is 10.3. The van der Waals surface area contributed by atoms with E-state index in [4.69, 9.17) is 0 Å². The number of hydrogen-bond donors (Lipinski definition) is 0. The van der Waals surface area contributed by atoms with Gasteiger partial charge in [0.05, 0.1) is 32.6 Å². The monoisotopic (exact) mass is 481 g/mol. The van der Waals surface area contributed by atoms with Gasteiger partial charge < -0.3 is 9.04 Å². The molecule has 0 bridgehead atoms. The first kappa shape index (κ1) is 31.8. The Balaban J connectivity index is 0.000000676. The van der Waals surface area contributed by atoms with Crippen molar-refractivity contribution in [3.8, 4) is 0 Å². The standard InChI is InChI=1S/C19H42N.C9H10O3S/c1-5-6-7-8-9-10-11-12-13-14-15-16-17-18-19-20(2,3)4;1-3-8-6-7(2)4-5-9(8)13(10,11)12/h5-19H2,1-4H3;3-6H,1H2,2H3,(H,10,11,12)/q+1;/p-1. The first-order valence-electron chi connectivity index (χ1n) is 13.0. The summed E-state index contributed by atoms with van der Waals surface area (Å²) in [5, 5.41) is 0. The van der Waals surface area contributed by atoms with Gasteiger partial charge in [-0.25, -0.2) is 8.42 Å². The van der Waals surface area contributed by atoms with Crippen molar-refractivity contribution >= 4 is 16.2 Å². The third-order valence-corrected chi connectivity index (χ3v) is 6.75. The van der Waals surface area contributed by atoms with Gasteiger partial charge in [-0.2, -0.15) is 0 Å². The Morgan fingerprint density at radius 1 is 0.818 bits per heavy atom. The van der Waals surface area contributed by atoms with Crippen LogP contribution < -0.4 is 0 Å². The SMILES string of the molecule is C=Cc1cc(C)ccc1S(=O)(=O)[O-].CCCCCCCCCCCCCCCC[N+](C)(C)C. The van der Waals surface area contributed by atoms with E-state index >= 15 is 0 Å². The van der Waals surface area contributed by atoms with Gasteiger partial charge in [0.15, 0.2) is 0 Å². The quantitative estimate of drug-likeness (QED) is 0.130. The third kappa shape index (κ3) is 18.9. The maximum Gasteiger partial charge on any atom is 0.125 e. The van der Waals surface area contributed by atoms with Crippen LogP contribution in [-0.4, -0.2) is 45.1 Å². The summed E-state index contributed by atoms with van der Waals surface area (Å²) in [6.07, 6.45) is 21.7. The zero-order valence-electron chi connectivity index (χ0n) is 22.2. The van der Waals surface area contributed by atoms with E-state index in [1.54, 1.807) is 12.1 Å². The number of benzene rings is 1. The number of nitrogens with zero attached hydrogens (tertiary/aromatic N) is 1. The van der Waals surface area contributed by atoms with E-state index in [0.29, 0.717) is 5.56 Å². The van der Waals surface area contributed by atoms with Crippen molar-refractivity contribution in [3.63, 3.8) is 0 Å². The summed E-state index contributed by atoms with van der Waals surface area (Å²) in [5.74, 6) is 0. The number of quaternary nitrogens is 1. The van der Waals surface area contributed by atoms with E-state index < -0.39 is 10.1 Å². The molecule has 192 valence electrons. The molecule has 0 saturated heterocycles. The van der Waals surface area contributed by atoms with Crippen LogP contribution in [0.2, 0.25) is 0 Å². The molecule has 0 aliphatic carbocycles. The molecule has 1 rings (SSSR count). The van der Waals surface area contributed by atoms with Crippen molar-refractivity contribution in [3.05, 3.63) is 35.9 Å². The molecule has 0 spiro atoms. The molecule has 1 aromatic carbocycles. The average Bonchev–Trinajstić information content (AvgIpc) is 2.72. The van der Waals surface area contributed by atoms with Crippen LogP contribution in [0.1, 0.15) is 108 Å². The van der Waals surface area contributed by atoms with Gasteiger partial charge in [-0.05, 0) is 31.4 Å². The van der Waals surface area contributed by atoms with E-state index in [0.717, 1.165) is 10.0 Å². The molecule has 0 atom stereocenters. The van der Waals surface area contributed by atoms with Gasteiger partial charge in [-0.15, -0.1) is 0 Å². The number of rotatable bonds is 17. The maximum absolute atomic E-state index is 10.7. The maximum atomic E-state index is 10.7. The van der Waals surface area contributed by atoms with Crippen molar-refractivity contribution in [2.75, 3.05) is 27.7 Å². The minimum absolute atomic E-state index is 0.215. The number of hydrogen-bond acceptors (Lipinski definition) is 3. The van der Waals surface area contributed by atoms with Gasteiger partial charge in [0.2, 0.25) is 0 Å². The number of aryl methyl sites for hydroxylation is 1. The molecular formula is C28H51NO3S. The van der Waals surface area contributed by atoms with Crippen molar-refractivity contribution in [2.45, 2.75) is 109 Å². The summed E-state index contributed by atoms with van der Waals surface area (Å²) in [4.78, 5) is -0.215. The first-order valence-corrected chi connectivity index (χ1v) is 14.4. The Hall–Kier alpha value is -1.17. The minimum Gasteiger partial charge on any atom is -0.744 e. The lowest BCUT2D eigenvalue weighted by molar-refractivity contribution is -0.870. The highest BCUT2D eigenvalue weighted by atomic mass is 32.2. The second-order valence-corrected chi connectivity index (χ2v) is 11.7. The van der Waals surface area contributed by atoms with Gasteiger partial charge in [-0.3, -0.25) is 0 Å². The van der Waals surface area contributed by atoms with Crippen LogP contribution in [0.4, 0.5) is 0 Å². The smallest absolute Gasteiger partial charge is 0.125 e. The van der Waals surface area contributed by atoms with Crippen LogP contribution in [0.15, 0.2) is 29.7 Å². The molecule has 4 nitrogen and oxygen atoms in total. The van der Waals surface area contributed by atoms with E-state index in [-0.39, 0.29) is 4.90 Å². The van der Waals surface area contributed by atoms with E-state index in [2.05, 4.69) is 34.6 Å². The van der Waals surface area contributed by atoms with Crippen molar-refractivity contribution in [2.24, 2.45) is 0 Å². The Labute approximate surface area is 205 Å². The summed E-state index contributed by atoms with van der Waals surface area (Å²) in [6, 6.07) is 4.49. The van der Waals surface area contributed by atoms with Crippen molar-refractivity contribution < 1.29 is 17.5 Å². The molecule has 0 heterocycles. The predicted octanol–water partition coefficient (Wildman–Crippen LogP) is 7.72. The Morgan fingerprint density at radius 3 is 1.61 bits per heavy atom.